The lowest BCUT2D eigenvalue weighted by molar-refractivity contribution is -0.113. The van der Waals surface area contributed by atoms with Crippen LogP contribution < -0.4 is 0 Å². The Labute approximate surface area is 168 Å². The predicted molar refractivity (Wildman–Crippen MR) is 112 cm³/mol. The van der Waals surface area contributed by atoms with E-state index in [-0.39, 0.29) is 0 Å². The van der Waals surface area contributed by atoms with E-state index in [2.05, 4.69) is 44.7 Å². The molecule has 0 aromatic heterocycles. The van der Waals surface area contributed by atoms with Crippen LogP contribution >= 0.6 is 22.9 Å². The Hall–Kier alpha value is 0.610. The van der Waals surface area contributed by atoms with Gasteiger partial charge in [-0.15, -0.1) is 0 Å². The number of piperidine rings is 2. The third kappa shape index (κ3) is 4.22. The van der Waals surface area contributed by atoms with Gasteiger partial charge in [0.2, 0.25) is 0 Å². The van der Waals surface area contributed by atoms with Crippen LogP contribution in [0.3, 0.4) is 0 Å². The van der Waals surface area contributed by atoms with Crippen molar-refractivity contribution in [3.05, 3.63) is 0 Å². The van der Waals surface area contributed by atoms with Crippen molar-refractivity contribution < 1.29 is 4.74 Å². The third-order valence-corrected chi connectivity index (χ3v) is 8.64. The average molecular weight is 460 g/mol. The van der Waals surface area contributed by atoms with Crippen molar-refractivity contribution in [3.8, 4) is 0 Å². The van der Waals surface area contributed by atoms with Crippen LogP contribution in [0.25, 0.3) is 0 Å². The molecule has 4 rings (SSSR count). The minimum absolute atomic E-state index is 0.559. The number of ether oxygens (including phenoxy) is 1. The van der Waals surface area contributed by atoms with Crippen LogP contribution in [0.5, 0.6) is 0 Å². The first-order valence-electron chi connectivity index (χ1n) is 10.8. The fourth-order valence-corrected chi connectivity index (χ4v) is 7.47. The van der Waals surface area contributed by atoms with Gasteiger partial charge in [0.25, 0.3) is 0 Å². The van der Waals surface area contributed by atoms with E-state index in [1.807, 2.05) is 0 Å². The highest BCUT2D eigenvalue weighted by Crippen LogP contribution is 2.50. The fourth-order valence-electron chi connectivity index (χ4n) is 6.41. The lowest BCUT2D eigenvalue weighted by atomic mass is 9.62. The summed E-state index contributed by atoms with van der Waals surface area (Å²) in [5.41, 5.74) is 0.635. The monoisotopic (exact) mass is 460 g/mol. The SMILES string of the molecule is CC(C)N1CCC2OCC(C3CCCC4(CCCN(I)C4)C3)CC2C1. The van der Waals surface area contributed by atoms with Gasteiger partial charge in [-0.25, -0.2) is 3.11 Å². The van der Waals surface area contributed by atoms with Gasteiger partial charge in [-0.3, -0.25) is 0 Å². The Bertz CT molecular complexity index is 455. The Morgan fingerprint density at radius 2 is 1.88 bits per heavy atom. The quantitative estimate of drug-likeness (QED) is 0.437. The summed E-state index contributed by atoms with van der Waals surface area (Å²) in [5, 5.41) is 0. The zero-order valence-corrected chi connectivity index (χ0v) is 18.4. The van der Waals surface area contributed by atoms with Crippen molar-refractivity contribution in [1.82, 2.24) is 8.01 Å². The zero-order valence-electron chi connectivity index (χ0n) is 16.3. The Balaban J connectivity index is 1.38. The van der Waals surface area contributed by atoms with Crippen molar-refractivity contribution in [3.63, 3.8) is 0 Å². The van der Waals surface area contributed by atoms with Crippen molar-refractivity contribution >= 4 is 22.9 Å². The highest BCUT2D eigenvalue weighted by molar-refractivity contribution is 14.1. The van der Waals surface area contributed by atoms with Crippen LogP contribution in [-0.4, -0.2) is 52.9 Å². The Kier molecular flexibility index (Phi) is 6.01. The molecule has 4 heteroatoms. The molecule has 3 saturated heterocycles. The number of halogens is 1. The first kappa shape index (κ1) is 18.9. The minimum Gasteiger partial charge on any atom is -0.378 e. The number of hydrogen-bond donors (Lipinski definition) is 0. The first-order chi connectivity index (χ1) is 12.0. The molecule has 0 radical (unpaired) electrons. The van der Waals surface area contributed by atoms with Gasteiger partial charge in [0.1, 0.15) is 0 Å². The molecule has 3 nitrogen and oxygen atoms in total. The van der Waals surface area contributed by atoms with E-state index in [9.17, 15) is 0 Å². The summed E-state index contributed by atoms with van der Waals surface area (Å²) < 4.78 is 9.00. The van der Waals surface area contributed by atoms with Gasteiger partial charge in [0.05, 0.1) is 12.7 Å². The van der Waals surface area contributed by atoms with Gasteiger partial charge < -0.3 is 9.64 Å². The van der Waals surface area contributed by atoms with Crippen molar-refractivity contribution in [2.45, 2.75) is 77.4 Å². The summed E-state index contributed by atoms with van der Waals surface area (Å²) in [4.78, 5) is 2.68. The number of likely N-dealkylation sites (tertiary alicyclic amines) is 1. The maximum absolute atomic E-state index is 6.43. The van der Waals surface area contributed by atoms with Gasteiger partial charge in [-0.1, -0.05) is 12.8 Å². The predicted octanol–water partition coefficient (Wildman–Crippen LogP) is 4.74. The smallest absolute Gasteiger partial charge is 0.0627 e. The molecule has 1 spiro atoms. The molecule has 144 valence electrons. The largest absolute Gasteiger partial charge is 0.378 e. The van der Waals surface area contributed by atoms with Crippen LogP contribution in [0.1, 0.15) is 65.2 Å². The third-order valence-electron chi connectivity index (χ3n) is 7.81. The normalized spacial score (nSPS) is 44.2. The molecule has 5 atom stereocenters. The summed E-state index contributed by atoms with van der Waals surface area (Å²) in [6.45, 7) is 10.9. The summed E-state index contributed by atoms with van der Waals surface area (Å²) in [7, 11) is 0. The summed E-state index contributed by atoms with van der Waals surface area (Å²) in [6, 6.07) is 0.691. The molecule has 0 amide bonds. The minimum atomic E-state index is 0.559. The molecule has 4 aliphatic rings. The van der Waals surface area contributed by atoms with Crippen LogP contribution in [0, 0.1) is 23.2 Å². The molecule has 0 aromatic rings. The summed E-state index contributed by atoms with van der Waals surface area (Å²) in [5.74, 6) is 2.54. The molecule has 3 heterocycles. The molecule has 1 saturated carbocycles. The van der Waals surface area contributed by atoms with E-state index < -0.39 is 0 Å². The van der Waals surface area contributed by atoms with Gasteiger partial charge in [-0.05, 0) is 75.5 Å². The average Bonchev–Trinajstić information content (AvgIpc) is 2.60. The molecule has 0 N–H and O–H groups in total. The maximum Gasteiger partial charge on any atom is 0.0627 e. The molecular formula is C21H37IN2O. The van der Waals surface area contributed by atoms with E-state index in [1.54, 1.807) is 0 Å². The summed E-state index contributed by atoms with van der Waals surface area (Å²) in [6.07, 6.45) is 12.0. The molecule has 3 aliphatic heterocycles. The van der Waals surface area contributed by atoms with Crippen molar-refractivity contribution in [2.24, 2.45) is 23.2 Å². The number of nitrogens with zero attached hydrogens (tertiary/aromatic N) is 2. The van der Waals surface area contributed by atoms with E-state index in [0.29, 0.717) is 17.6 Å². The van der Waals surface area contributed by atoms with Gasteiger partial charge in [0, 0.05) is 55.1 Å². The van der Waals surface area contributed by atoms with E-state index >= 15 is 0 Å². The summed E-state index contributed by atoms with van der Waals surface area (Å²) >= 11 is 2.57. The Morgan fingerprint density at radius 1 is 1.04 bits per heavy atom. The zero-order chi connectivity index (χ0) is 17.4. The molecule has 25 heavy (non-hydrogen) atoms. The molecule has 0 aromatic carbocycles. The van der Waals surface area contributed by atoms with Crippen molar-refractivity contribution in [1.29, 1.82) is 0 Å². The fraction of sp³-hybridized carbons (Fsp3) is 1.00. The highest BCUT2D eigenvalue weighted by atomic mass is 127. The number of hydrogen-bond acceptors (Lipinski definition) is 3. The van der Waals surface area contributed by atoms with Crippen LogP contribution in [-0.2, 0) is 4.74 Å². The van der Waals surface area contributed by atoms with E-state index in [1.165, 1.54) is 77.5 Å². The van der Waals surface area contributed by atoms with Crippen LogP contribution in [0.15, 0.2) is 0 Å². The second kappa shape index (κ2) is 7.92. The lowest BCUT2D eigenvalue weighted by Gasteiger charge is -2.50. The van der Waals surface area contributed by atoms with E-state index in [0.717, 1.165) is 24.4 Å². The van der Waals surface area contributed by atoms with Gasteiger partial charge in [-0.2, -0.15) is 0 Å². The molecule has 4 fully saturated rings. The van der Waals surface area contributed by atoms with E-state index in [4.69, 9.17) is 4.74 Å². The number of fused-ring (bicyclic) bond motifs is 1. The topological polar surface area (TPSA) is 15.7 Å². The lowest BCUT2D eigenvalue weighted by Crippen LogP contribution is -2.51. The first-order valence-corrected chi connectivity index (χ1v) is 11.8. The van der Waals surface area contributed by atoms with Crippen LogP contribution in [0.4, 0.5) is 0 Å². The molecule has 5 unspecified atom stereocenters. The molecular weight excluding hydrogens is 423 g/mol. The van der Waals surface area contributed by atoms with Gasteiger partial charge in [0.15, 0.2) is 0 Å². The van der Waals surface area contributed by atoms with Gasteiger partial charge >= 0.3 is 0 Å². The molecule has 0 bridgehead atoms. The highest BCUT2D eigenvalue weighted by Gasteiger charge is 2.44. The molecule has 1 aliphatic carbocycles. The standard InChI is InChI=1S/C21H37IN2O/c1-16(2)23-10-6-20-18(13-23)11-19(14-25-20)17-5-3-7-21(12-17)8-4-9-24(22)15-21/h16-20H,3-15H2,1-2H3. The number of rotatable bonds is 2. The second-order valence-corrected chi connectivity index (χ2v) is 11.2. The van der Waals surface area contributed by atoms with Crippen LogP contribution in [0.2, 0.25) is 0 Å². The van der Waals surface area contributed by atoms with Crippen molar-refractivity contribution in [2.75, 3.05) is 32.8 Å². The second-order valence-electron chi connectivity index (χ2n) is 9.81. The Morgan fingerprint density at radius 3 is 2.68 bits per heavy atom. The maximum atomic E-state index is 6.43.